The average Bonchev–Trinajstić information content (AvgIpc) is 3.15. The third-order valence-corrected chi connectivity index (χ3v) is 5.57. The summed E-state index contributed by atoms with van der Waals surface area (Å²) >= 11 is 3.54. The Kier molecular flexibility index (Phi) is 6.71. The molecule has 0 atom stereocenters. The normalized spacial score (nSPS) is 14.3. The number of aliphatic imine (C=N–C) groups is 1. The molecule has 0 bridgehead atoms. The fourth-order valence-corrected chi connectivity index (χ4v) is 3.64. The SMILES string of the molecule is CCOc1cc(/C=C2/N=C(c3cccc(C)c3)OC2=O)ccc1OCc1ccccc1Br. The molecule has 0 saturated carbocycles. The maximum absolute atomic E-state index is 12.4. The van der Waals surface area contributed by atoms with Crippen LogP contribution in [0.3, 0.4) is 0 Å². The molecular formula is C26H22BrNO4. The first-order chi connectivity index (χ1) is 15.5. The third-order valence-electron chi connectivity index (χ3n) is 4.80. The number of benzene rings is 3. The summed E-state index contributed by atoms with van der Waals surface area (Å²) in [6.45, 7) is 4.78. The number of aryl methyl sites for hydroxylation is 1. The zero-order valence-electron chi connectivity index (χ0n) is 17.8. The van der Waals surface area contributed by atoms with E-state index in [0.717, 1.165) is 26.7 Å². The van der Waals surface area contributed by atoms with E-state index in [0.29, 0.717) is 30.6 Å². The highest BCUT2D eigenvalue weighted by Gasteiger charge is 2.24. The molecule has 0 amide bonds. The van der Waals surface area contributed by atoms with Crippen molar-refractivity contribution < 1.29 is 19.0 Å². The predicted octanol–water partition coefficient (Wildman–Crippen LogP) is 6.08. The maximum Gasteiger partial charge on any atom is 0.363 e. The minimum atomic E-state index is -0.478. The smallest absolute Gasteiger partial charge is 0.363 e. The Bertz CT molecular complexity index is 1220. The van der Waals surface area contributed by atoms with Gasteiger partial charge >= 0.3 is 5.97 Å². The van der Waals surface area contributed by atoms with Crippen molar-refractivity contribution in [3.05, 3.63) is 99.2 Å². The maximum atomic E-state index is 12.4. The summed E-state index contributed by atoms with van der Waals surface area (Å²) in [5.41, 5.74) is 3.88. The highest BCUT2D eigenvalue weighted by atomic mass is 79.9. The summed E-state index contributed by atoms with van der Waals surface area (Å²) in [5.74, 6) is 1.06. The number of ether oxygens (including phenoxy) is 3. The summed E-state index contributed by atoms with van der Waals surface area (Å²) < 4.78 is 18.1. The quantitative estimate of drug-likeness (QED) is 0.296. The Hall–Kier alpha value is -3.38. The van der Waals surface area contributed by atoms with Crippen LogP contribution < -0.4 is 9.47 Å². The summed E-state index contributed by atoms with van der Waals surface area (Å²) in [7, 11) is 0. The first-order valence-corrected chi connectivity index (χ1v) is 11.1. The largest absolute Gasteiger partial charge is 0.490 e. The molecule has 4 rings (SSSR count). The fourth-order valence-electron chi connectivity index (χ4n) is 3.24. The Morgan fingerprint density at radius 1 is 1.00 bits per heavy atom. The van der Waals surface area contributed by atoms with Crippen LogP contribution in [-0.4, -0.2) is 18.5 Å². The number of hydrogen-bond donors (Lipinski definition) is 0. The molecule has 162 valence electrons. The van der Waals surface area contributed by atoms with Gasteiger partial charge in [0, 0.05) is 15.6 Å². The predicted molar refractivity (Wildman–Crippen MR) is 128 cm³/mol. The van der Waals surface area contributed by atoms with E-state index in [1.54, 1.807) is 6.08 Å². The highest BCUT2D eigenvalue weighted by molar-refractivity contribution is 9.10. The number of carbonyl (C=O) groups is 1. The van der Waals surface area contributed by atoms with E-state index in [-0.39, 0.29) is 5.70 Å². The topological polar surface area (TPSA) is 57.1 Å². The Labute approximate surface area is 195 Å². The van der Waals surface area contributed by atoms with Gasteiger partial charge in [0.25, 0.3) is 0 Å². The second-order valence-corrected chi connectivity index (χ2v) is 8.08. The molecule has 3 aromatic rings. The fraction of sp³-hybridized carbons (Fsp3) is 0.154. The average molecular weight is 492 g/mol. The van der Waals surface area contributed by atoms with E-state index in [2.05, 4.69) is 20.9 Å². The molecule has 3 aromatic carbocycles. The standard InChI is InChI=1S/C26H22BrNO4/c1-3-30-24-15-18(11-12-23(24)31-16-20-8-4-5-10-21(20)27)14-22-26(29)32-25(28-22)19-9-6-7-17(2)13-19/h4-15H,3,16H2,1-2H3/b22-14+. The molecule has 6 heteroatoms. The van der Waals surface area contributed by atoms with Gasteiger partial charge in [0.2, 0.25) is 5.90 Å². The summed E-state index contributed by atoms with van der Waals surface area (Å²) in [6, 6.07) is 21.1. The van der Waals surface area contributed by atoms with Crippen LogP contribution >= 0.6 is 15.9 Å². The van der Waals surface area contributed by atoms with E-state index < -0.39 is 5.97 Å². The van der Waals surface area contributed by atoms with Gasteiger partial charge in [-0.25, -0.2) is 9.79 Å². The van der Waals surface area contributed by atoms with Crippen LogP contribution in [0.15, 0.2) is 81.9 Å². The van der Waals surface area contributed by atoms with Gasteiger partial charge in [-0.05, 0) is 55.8 Å². The van der Waals surface area contributed by atoms with Gasteiger partial charge in [-0.3, -0.25) is 0 Å². The van der Waals surface area contributed by atoms with Crippen LogP contribution in [0.4, 0.5) is 0 Å². The van der Waals surface area contributed by atoms with Gasteiger partial charge in [0.15, 0.2) is 17.2 Å². The number of halogens is 1. The van der Waals surface area contributed by atoms with E-state index in [4.69, 9.17) is 14.2 Å². The van der Waals surface area contributed by atoms with Crippen LogP contribution in [0.25, 0.3) is 6.08 Å². The van der Waals surface area contributed by atoms with Crippen molar-refractivity contribution in [2.24, 2.45) is 4.99 Å². The van der Waals surface area contributed by atoms with E-state index in [1.807, 2.05) is 80.6 Å². The van der Waals surface area contributed by atoms with Crippen LogP contribution in [0, 0.1) is 6.92 Å². The van der Waals surface area contributed by atoms with E-state index in [9.17, 15) is 4.79 Å². The molecular weight excluding hydrogens is 470 g/mol. The van der Waals surface area contributed by atoms with Gasteiger partial charge in [-0.15, -0.1) is 0 Å². The third kappa shape index (κ3) is 5.08. The first kappa shape index (κ1) is 21.8. The molecule has 5 nitrogen and oxygen atoms in total. The summed E-state index contributed by atoms with van der Waals surface area (Å²) in [5, 5.41) is 0. The Balaban J connectivity index is 1.57. The highest BCUT2D eigenvalue weighted by Crippen LogP contribution is 2.31. The van der Waals surface area contributed by atoms with E-state index >= 15 is 0 Å². The number of nitrogens with zero attached hydrogens (tertiary/aromatic N) is 1. The Morgan fingerprint density at radius 2 is 1.84 bits per heavy atom. The number of esters is 1. The zero-order valence-corrected chi connectivity index (χ0v) is 19.4. The van der Waals surface area contributed by atoms with Crippen molar-refractivity contribution in [2.45, 2.75) is 20.5 Å². The lowest BCUT2D eigenvalue weighted by atomic mass is 10.1. The molecule has 0 saturated heterocycles. The lowest BCUT2D eigenvalue weighted by Crippen LogP contribution is -2.05. The Morgan fingerprint density at radius 3 is 2.62 bits per heavy atom. The molecule has 0 spiro atoms. The van der Waals surface area contributed by atoms with Crippen molar-refractivity contribution in [3.63, 3.8) is 0 Å². The molecule has 1 heterocycles. The second-order valence-electron chi connectivity index (χ2n) is 7.22. The minimum Gasteiger partial charge on any atom is -0.490 e. The van der Waals surface area contributed by atoms with Crippen LogP contribution in [0.2, 0.25) is 0 Å². The number of hydrogen-bond acceptors (Lipinski definition) is 5. The number of carbonyl (C=O) groups excluding carboxylic acids is 1. The molecule has 0 radical (unpaired) electrons. The second kappa shape index (κ2) is 9.83. The molecule has 0 N–H and O–H groups in total. The monoisotopic (exact) mass is 491 g/mol. The van der Waals surface area contributed by atoms with Crippen molar-refractivity contribution >= 4 is 33.9 Å². The van der Waals surface area contributed by atoms with Crippen molar-refractivity contribution in [2.75, 3.05) is 6.61 Å². The van der Waals surface area contributed by atoms with Crippen LogP contribution in [0.1, 0.15) is 29.2 Å². The summed E-state index contributed by atoms with van der Waals surface area (Å²) in [4.78, 5) is 16.7. The molecule has 0 aliphatic carbocycles. The number of rotatable bonds is 7. The molecule has 0 aromatic heterocycles. The van der Waals surface area contributed by atoms with Gasteiger partial charge in [-0.1, -0.05) is 57.9 Å². The summed E-state index contributed by atoms with van der Waals surface area (Å²) in [6.07, 6.45) is 1.69. The van der Waals surface area contributed by atoms with Gasteiger partial charge in [0.1, 0.15) is 6.61 Å². The molecule has 32 heavy (non-hydrogen) atoms. The van der Waals surface area contributed by atoms with Gasteiger partial charge in [-0.2, -0.15) is 0 Å². The lowest BCUT2D eigenvalue weighted by molar-refractivity contribution is -0.129. The lowest BCUT2D eigenvalue weighted by Gasteiger charge is -2.13. The van der Waals surface area contributed by atoms with Gasteiger partial charge < -0.3 is 14.2 Å². The molecule has 1 aliphatic heterocycles. The molecule has 0 fully saturated rings. The molecule has 0 unspecified atom stereocenters. The van der Waals surface area contributed by atoms with Crippen molar-refractivity contribution in [3.8, 4) is 11.5 Å². The first-order valence-electron chi connectivity index (χ1n) is 10.3. The van der Waals surface area contributed by atoms with Crippen molar-refractivity contribution in [1.82, 2.24) is 0 Å². The van der Waals surface area contributed by atoms with Gasteiger partial charge in [0.05, 0.1) is 6.61 Å². The minimum absolute atomic E-state index is 0.242. The van der Waals surface area contributed by atoms with E-state index in [1.165, 1.54) is 0 Å². The number of cyclic esters (lactones) is 1. The van der Waals surface area contributed by atoms with Crippen LogP contribution in [-0.2, 0) is 16.1 Å². The van der Waals surface area contributed by atoms with Crippen molar-refractivity contribution in [1.29, 1.82) is 0 Å². The molecule has 1 aliphatic rings. The van der Waals surface area contributed by atoms with Crippen LogP contribution in [0.5, 0.6) is 11.5 Å². The zero-order chi connectivity index (χ0) is 22.5.